The molecular weight excluding hydrogens is 464 g/mol. The third-order valence-corrected chi connectivity index (χ3v) is 7.66. The molecule has 6 nitrogen and oxygen atoms in total. The third kappa shape index (κ3) is 4.87. The summed E-state index contributed by atoms with van der Waals surface area (Å²) in [5, 5.41) is 10.2. The summed E-state index contributed by atoms with van der Waals surface area (Å²) in [6.45, 7) is 1.64. The Morgan fingerprint density at radius 1 is 1.03 bits per heavy atom. The van der Waals surface area contributed by atoms with Crippen molar-refractivity contribution in [2.24, 2.45) is 5.92 Å². The number of likely N-dealkylation sites (tertiary alicyclic amines) is 1. The fraction of sp³-hybridized carbons (Fsp3) is 0.429. The molecule has 1 saturated carbocycles. The number of rotatable bonds is 6. The summed E-state index contributed by atoms with van der Waals surface area (Å²) in [6.07, 6.45) is 3.69. The van der Waals surface area contributed by atoms with Crippen LogP contribution in [0.2, 0.25) is 0 Å². The van der Waals surface area contributed by atoms with Gasteiger partial charge in [-0.15, -0.1) is 0 Å². The minimum Gasteiger partial charge on any atom is -0.465 e. The molecule has 2 aliphatic heterocycles. The van der Waals surface area contributed by atoms with Gasteiger partial charge >= 0.3 is 6.09 Å². The van der Waals surface area contributed by atoms with Crippen molar-refractivity contribution >= 4 is 17.6 Å². The van der Waals surface area contributed by atoms with E-state index in [4.69, 9.17) is 0 Å². The fourth-order valence-corrected chi connectivity index (χ4v) is 5.58. The first kappa shape index (κ1) is 24.4. The molecule has 2 fully saturated rings. The van der Waals surface area contributed by atoms with E-state index in [2.05, 4.69) is 4.90 Å². The Bertz CT molecular complexity index is 1160. The van der Waals surface area contributed by atoms with E-state index in [1.807, 2.05) is 37.4 Å². The zero-order valence-corrected chi connectivity index (χ0v) is 20.3. The lowest BCUT2D eigenvalue weighted by molar-refractivity contribution is -0.139. The van der Waals surface area contributed by atoms with Gasteiger partial charge in [0, 0.05) is 18.2 Å². The molecule has 8 heteroatoms. The lowest BCUT2D eigenvalue weighted by Gasteiger charge is -2.41. The number of hydrogen-bond acceptors (Lipinski definition) is 3. The minimum absolute atomic E-state index is 0.0281. The van der Waals surface area contributed by atoms with E-state index in [0.29, 0.717) is 18.4 Å². The number of amides is 2. The summed E-state index contributed by atoms with van der Waals surface area (Å²) in [6, 6.07) is 11.2. The Balaban J connectivity index is 1.50. The van der Waals surface area contributed by atoms with Gasteiger partial charge in [0.1, 0.15) is 17.7 Å². The lowest BCUT2D eigenvalue weighted by Crippen LogP contribution is -2.57. The van der Waals surface area contributed by atoms with Gasteiger partial charge in [0.15, 0.2) is 0 Å². The number of carbonyl (C=O) groups is 2. The van der Waals surface area contributed by atoms with E-state index in [9.17, 15) is 23.5 Å². The van der Waals surface area contributed by atoms with E-state index in [1.54, 1.807) is 11.0 Å². The predicted molar refractivity (Wildman–Crippen MR) is 132 cm³/mol. The third-order valence-electron chi connectivity index (χ3n) is 7.66. The fourth-order valence-electron chi connectivity index (χ4n) is 5.58. The predicted octanol–water partition coefficient (Wildman–Crippen LogP) is 4.78. The van der Waals surface area contributed by atoms with Crippen LogP contribution < -0.4 is 0 Å². The average Bonchev–Trinajstić information content (AvgIpc) is 3.61. The highest BCUT2D eigenvalue weighted by Gasteiger charge is 2.48. The van der Waals surface area contributed by atoms with Gasteiger partial charge in [0.05, 0.1) is 6.04 Å². The number of carbonyl (C=O) groups excluding carboxylic acids is 1. The SMILES string of the molecule is CN1CCC(N(C(=O)O)[C@H](C(=O)N2CC(c3cc(F)ccc3F)=C[C@H]2c2ccccc2)C2CC2)CC1. The number of hydrogen-bond donors (Lipinski definition) is 1. The summed E-state index contributed by atoms with van der Waals surface area (Å²) in [4.78, 5) is 31.9. The van der Waals surface area contributed by atoms with Crippen LogP contribution in [0.1, 0.15) is 42.9 Å². The molecule has 0 unspecified atom stereocenters. The highest BCUT2D eigenvalue weighted by atomic mass is 19.1. The first-order chi connectivity index (χ1) is 17.3. The molecule has 0 aromatic heterocycles. The second-order valence-electron chi connectivity index (χ2n) is 10.1. The van der Waals surface area contributed by atoms with Crippen LogP contribution in [0.25, 0.3) is 5.57 Å². The smallest absolute Gasteiger partial charge is 0.408 e. The zero-order chi connectivity index (χ0) is 25.4. The number of carboxylic acid groups (broad SMARTS) is 1. The molecule has 2 heterocycles. The number of benzene rings is 2. The molecule has 0 bridgehead atoms. The molecule has 2 aromatic rings. The Hall–Kier alpha value is -3.26. The van der Waals surface area contributed by atoms with Gasteiger partial charge in [-0.1, -0.05) is 36.4 Å². The molecule has 1 N–H and O–H groups in total. The number of piperidine rings is 1. The first-order valence-corrected chi connectivity index (χ1v) is 12.5. The van der Waals surface area contributed by atoms with Crippen LogP contribution in [0.3, 0.4) is 0 Å². The minimum atomic E-state index is -1.07. The van der Waals surface area contributed by atoms with Crippen molar-refractivity contribution in [2.45, 2.75) is 43.8 Å². The van der Waals surface area contributed by atoms with Gasteiger partial charge in [-0.2, -0.15) is 0 Å². The van der Waals surface area contributed by atoms with Crippen LogP contribution in [-0.4, -0.2) is 70.6 Å². The molecule has 5 rings (SSSR count). The standard InChI is InChI=1S/C28H31F2N3O3/c1-31-13-11-22(12-14-31)33(28(35)36)26(19-7-8-19)27(34)32-17-20(23-16-21(29)9-10-24(23)30)15-25(32)18-5-3-2-4-6-18/h2-6,9-10,15-16,19,22,25-26H,7-8,11-14,17H2,1H3,(H,35,36)/t25-,26-/m0/s1. The van der Waals surface area contributed by atoms with Crippen molar-refractivity contribution in [2.75, 3.05) is 26.7 Å². The van der Waals surface area contributed by atoms with Crippen LogP contribution in [0.5, 0.6) is 0 Å². The quantitative estimate of drug-likeness (QED) is 0.626. The molecule has 1 saturated heterocycles. The van der Waals surface area contributed by atoms with E-state index in [1.165, 1.54) is 4.90 Å². The Labute approximate surface area is 209 Å². The van der Waals surface area contributed by atoms with Crippen molar-refractivity contribution < 1.29 is 23.5 Å². The van der Waals surface area contributed by atoms with Crippen molar-refractivity contribution in [3.63, 3.8) is 0 Å². The molecular formula is C28H31F2N3O3. The summed E-state index contributed by atoms with van der Waals surface area (Å²) in [5.41, 5.74) is 1.48. The van der Waals surface area contributed by atoms with Crippen LogP contribution in [0.4, 0.5) is 13.6 Å². The molecule has 190 valence electrons. The molecule has 1 aliphatic carbocycles. The highest BCUT2D eigenvalue weighted by Crippen LogP contribution is 2.42. The zero-order valence-electron chi connectivity index (χ0n) is 20.3. The van der Waals surface area contributed by atoms with Gasteiger partial charge in [0.2, 0.25) is 5.91 Å². The van der Waals surface area contributed by atoms with Crippen molar-refractivity contribution in [3.8, 4) is 0 Å². The normalized spacial score (nSPS) is 21.8. The molecule has 2 aromatic carbocycles. The van der Waals surface area contributed by atoms with E-state index < -0.39 is 29.8 Å². The van der Waals surface area contributed by atoms with Gasteiger partial charge in [0.25, 0.3) is 0 Å². The maximum atomic E-state index is 14.7. The largest absolute Gasteiger partial charge is 0.465 e. The van der Waals surface area contributed by atoms with Crippen molar-refractivity contribution in [1.29, 1.82) is 0 Å². The van der Waals surface area contributed by atoms with Gasteiger partial charge in [-0.05, 0) is 81.1 Å². The molecule has 36 heavy (non-hydrogen) atoms. The van der Waals surface area contributed by atoms with E-state index in [-0.39, 0.29) is 30.0 Å². The molecule has 2 atom stereocenters. The van der Waals surface area contributed by atoms with Gasteiger partial charge in [-0.25, -0.2) is 13.6 Å². The summed E-state index contributed by atoms with van der Waals surface area (Å²) in [7, 11) is 2.01. The second-order valence-corrected chi connectivity index (χ2v) is 10.1. The molecule has 0 spiro atoms. The Morgan fingerprint density at radius 3 is 2.36 bits per heavy atom. The first-order valence-electron chi connectivity index (χ1n) is 12.5. The lowest BCUT2D eigenvalue weighted by atomic mass is 9.98. The second kappa shape index (κ2) is 10.0. The highest BCUT2D eigenvalue weighted by molar-refractivity contribution is 5.90. The summed E-state index contributed by atoms with van der Waals surface area (Å²) >= 11 is 0. The monoisotopic (exact) mass is 495 g/mol. The van der Waals surface area contributed by atoms with Gasteiger partial charge < -0.3 is 14.9 Å². The van der Waals surface area contributed by atoms with Crippen LogP contribution in [-0.2, 0) is 4.79 Å². The van der Waals surface area contributed by atoms with Crippen LogP contribution >= 0.6 is 0 Å². The Morgan fingerprint density at radius 2 is 1.72 bits per heavy atom. The molecule has 3 aliphatic rings. The Kier molecular flexibility index (Phi) is 6.79. The summed E-state index contributed by atoms with van der Waals surface area (Å²) in [5.74, 6) is -1.40. The topological polar surface area (TPSA) is 64.1 Å². The molecule has 2 amide bonds. The number of halogens is 2. The van der Waals surface area contributed by atoms with E-state index >= 15 is 0 Å². The van der Waals surface area contributed by atoms with Gasteiger partial charge in [-0.3, -0.25) is 9.69 Å². The van der Waals surface area contributed by atoms with Crippen molar-refractivity contribution in [3.05, 3.63) is 77.4 Å². The van der Waals surface area contributed by atoms with E-state index in [0.717, 1.165) is 49.7 Å². The maximum absolute atomic E-state index is 14.7. The summed E-state index contributed by atoms with van der Waals surface area (Å²) < 4.78 is 28.7. The number of nitrogens with zero attached hydrogens (tertiary/aromatic N) is 3. The van der Waals surface area contributed by atoms with Crippen molar-refractivity contribution in [1.82, 2.24) is 14.7 Å². The van der Waals surface area contributed by atoms with Crippen LogP contribution in [0.15, 0.2) is 54.6 Å². The maximum Gasteiger partial charge on any atom is 0.408 e. The van der Waals surface area contributed by atoms with Crippen LogP contribution in [0, 0.1) is 17.6 Å². The average molecular weight is 496 g/mol. The molecule has 0 radical (unpaired) electrons.